The van der Waals surface area contributed by atoms with Crippen LogP contribution in [0.15, 0.2) is 54.6 Å². The maximum absolute atomic E-state index is 13.3. The van der Waals surface area contributed by atoms with Gasteiger partial charge in [-0.1, -0.05) is 42.5 Å². The minimum absolute atomic E-state index is 0.0930. The zero-order chi connectivity index (χ0) is 22.8. The summed E-state index contributed by atoms with van der Waals surface area (Å²) >= 11 is 0. The van der Waals surface area contributed by atoms with Crippen LogP contribution >= 0.6 is 0 Å². The standard InChI is InChI=1S/C24H28N2O6/c1-30-15-16-32-22(27)17-20-23(28)25-12-13-26(20)24(29)19-9-5-6-10-21(19)31-14-11-18-7-3-2-4-8-18/h2-10,20H,11-17H2,1H3,(H,25,28). The number of hydrogen-bond donors (Lipinski definition) is 1. The molecular formula is C24H28N2O6. The molecule has 1 aliphatic rings. The van der Waals surface area contributed by atoms with Gasteiger partial charge in [0.25, 0.3) is 5.91 Å². The molecule has 1 unspecified atom stereocenters. The van der Waals surface area contributed by atoms with Gasteiger partial charge in [-0.2, -0.15) is 0 Å². The van der Waals surface area contributed by atoms with Crippen LogP contribution in [0.5, 0.6) is 5.75 Å². The van der Waals surface area contributed by atoms with Crippen molar-refractivity contribution >= 4 is 17.8 Å². The highest BCUT2D eigenvalue weighted by Crippen LogP contribution is 2.23. The van der Waals surface area contributed by atoms with Crippen LogP contribution in [0.4, 0.5) is 0 Å². The second kappa shape index (κ2) is 11.9. The highest BCUT2D eigenvalue weighted by molar-refractivity contribution is 6.01. The predicted molar refractivity (Wildman–Crippen MR) is 117 cm³/mol. The largest absolute Gasteiger partial charge is 0.492 e. The number of esters is 1. The Balaban J connectivity index is 1.68. The number of piperazine rings is 1. The number of nitrogens with one attached hydrogen (secondary N) is 1. The summed E-state index contributed by atoms with van der Waals surface area (Å²) in [6, 6.07) is 15.9. The van der Waals surface area contributed by atoms with Crippen molar-refractivity contribution in [1.82, 2.24) is 10.2 Å². The van der Waals surface area contributed by atoms with Crippen molar-refractivity contribution < 1.29 is 28.6 Å². The van der Waals surface area contributed by atoms with Gasteiger partial charge in [0.15, 0.2) is 0 Å². The molecule has 0 bridgehead atoms. The number of rotatable bonds is 10. The lowest BCUT2D eigenvalue weighted by Crippen LogP contribution is -2.57. The van der Waals surface area contributed by atoms with Crippen molar-refractivity contribution in [3.05, 3.63) is 65.7 Å². The van der Waals surface area contributed by atoms with Gasteiger partial charge in [-0.15, -0.1) is 0 Å². The van der Waals surface area contributed by atoms with E-state index in [4.69, 9.17) is 14.2 Å². The molecule has 1 atom stereocenters. The van der Waals surface area contributed by atoms with Gasteiger partial charge in [-0.25, -0.2) is 0 Å². The predicted octanol–water partition coefficient (Wildman–Crippen LogP) is 1.83. The molecule has 0 radical (unpaired) electrons. The van der Waals surface area contributed by atoms with Crippen LogP contribution in [0, 0.1) is 0 Å². The Kier molecular flexibility index (Phi) is 8.62. The number of para-hydroxylation sites is 1. The van der Waals surface area contributed by atoms with E-state index in [0.717, 1.165) is 5.56 Å². The molecule has 1 saturated heterocycles. The van der Waals surface area contributed by atoms with E-state index in [1.807, 2.05) is 30.3 Å². The molecule has 1 heterocycles. The van der Waals surface area contributed by atoms with Crippen molar-refractivity contribution in [3.63, 3.8) is 0 Å². The second-order valence-electron chi connectivity index (χ2n) is 7.30. The average Bonchev–Trinajstić information content (AvgIpc) is 2.81. The third-order valence-corrected chi connectivity index (χ3v) is 5.11. The Morgan fingerprint density at radius 3 is 2.56 bits per heavy atom. The minimum atomic E-state index is -0.941. The third kappa shape index (κ3) is 6.31. The van der Waals surface area contributed by atoms with Gasteiger partial charge in [0.1, 0.15) is 18.4 Å². The van der Waals surface area contributed by atoms with E-state index in [1.165, 1.54) is 12.0 Å². The topological polar surface area (TPSA) is 94.2 Å². The van der Waals surface area contributed by atoms with Crippen LogP contribution < -0.4 is 10.1 Å². The quantitative estimate of drug-likeness (QED) is 0.448. The maximum atomic E-state index is 13.3. The highest BCUT2D eigenvalue weighted by Gasteiger charge is 2.36. The van der Waals surface area contributed by atoms with Gasteiger partial charge < -0.3 is 24.4 Å². The van der Waals surface area contributed by atoms with E-state index in [9.17, 15) is 14.4 Å². The first kappa shape index (κ1) is 23.3. The van der Waals surface area contributed by atoms with Crippen molar-refractivity contribution in [2.24, 2.45) is 0 Å². The maximum Gasteiger partial charge on any atom is 0.308 e. The minimum Gasteiger partial charge on any atom is -0.492 e. The van der Waals surface area contributed by atoms with Crippen molar-refractivity contribution in [1.29, 1.82) is 0 Å². The van der Waals surface area contributed by atoms with Crippen molar-refractivity contribution in [3.8, 4) is 5.75 Å². The molecule has 2 amide bonds. The number of hydrogen-bond acceptors (Lipinski definition) is 6. The molecular weight excluding hydrogens is 412 g/mol. The number of carbonyl (C=O) groups excluding carboxylic acids is 3. The number of carbonyl (C=O) groups is 3. The van der Waals surface area contributed by atoms with Crippen LogP contribution in [0.1, 0.15) is 22.3 Å². The first-order chi connectivity index (χ1) is 15.6. The number of methoxy groups -OCH3 is 1. The van der Waals surface area contributed by atoms with E-state index >= 15 is 0 Å². The molecule has 0 aliphatic carbocycles. The molecule has 0 aromatic heterocycles. The van der Waals surface area contributed by atoms with Gasteiger partial charge in [-0.05, 0) is 17.7 Å². The lowest BCUT2D eigenvalue weighted by Gasteiger charge is -2.34. The molecule has 0 spiro atoms. The molecule has 8 heteroatoms. The fourth-order valence-electron chi connectivity index (χ4n) is 3.46. The summed E-state index contributed by atoms with van der Waals surface area (Å²) in [5.74, 6) is -0.851. The van der Waals surface area contributed by atoms with Crippen LogP contribution in [-0.2, 0) is 25.5 Å². The normalized spacial score (nSPS) is 15.7. The zero-order valence-corrected chi connectivity index (χ0v) is 18.1. The van der Waals surface area contributed by atoms with Crippen LogP contribution in [0.25, 0.3) is 0 Å². The smallest absolute Gasteiger partial charge is 0.308 e. The van der Waals surface area contributed by atoms with E-state index in [1.54, 1.807) is 24.3 Å². The summed E-state index contributed by atoms with van der Waals surface area (Å²) in [5, 5.41) is 2.71. The number of amides is 2. The Hall–Kier alpha value is -3.39. The summed E-state index contributed by atoms with van der Waals surface area (Å²) in [7, 11) is 1.50. The second-order valence-corrected chi connectivity index (χ2v) is 7.30. The van der Waals surface area contributed by atoms with Gasteiger partial charge >= 0.3 is 5.97 Å². The highest BCUT2D eigenvalue weighted by atomic mass is 16.6. The number of nitrogens with zero attached hydrogens (tertiary/aromatic N) is 1. The van der Waals surface area contributed by atoms with Gasteiger partial charge in [0.2, 0.25) is 5.91 Å². The Bertz CT molecular complexity index is 918. The monoisotopic (exact) mass is 440 g/mol. The molecule has 1 N–H and O–H groups in total. The van der Waals surface area contributed by atoms with Crippen LogP contribution in [0.3, 0.4) is 0 Å². The van der Waals surface area contributed by atoms with Gasteiger partial charge in [0, 0.05) is 26.6 Å². The van der Waals surface area contributed by atoms with Crippen molar-refractivity contribution in [2.45, 2.75) is 18.9 Å². The molecule has 3 rings (SSSR count). The summed E-state index contributed by atoms with van der Waals surface area (Å²) in [6.07, 6.45) is 0.476. The molecule has 1 aliphatic heterocycles. The van der Waals surface area contributed by atoms with E-state index in [0.29, 0.717) is 37.4 Å². The Morgan fingerprint density at radius 2 is 1.78 bits per heavy atom. The Morgan fingerprint density at radius 1 is 1.03 bits per heavy atom. The fourth-order valence-corrected chi connectivity index (χ4v) is 3.46. The van der Waals surface area contributed by atoms with E-state index < -0.39 is 12.0 Å². The first-order valence-corrected chi connectivity index (χ1v) is 10.6. The molecule has 2 aromatic rings. The van der Waals surface area contributed by atoms with Crippen LogP contribution in [0.2, 0.25) is 0 Å². The summed E-state index contributed by atoms with van der Waals surface area (Å²) in [6.45, 7) is 1.37. The molecule has 2 aromatic carbocycles. The first-order valence-electron chi connectivity index (χ1n) is 10.6. The number of ether oxygens (including phenoxy) is 3. The third-order valence-electron chi connectivity index (χ3n) is 5.11. The SMILES string of the molecule is COCCOC(=O)CC1C(=O)NCCN1C(=O)c1ccccc1OCCc1ccccc1. The lowest BCUT2D eigenvalue weighted by atomic mass is 10.1. The zero-order valence-electron chi connectivity index (χ0n) is 18.1. The van der Waals surface area contributed by atoms with E-state index in [-0.39, 0.29) is 31.4 Å². The van der Waals surface area contributed by atoms with Gasteiger partial charge in [0.05, 0.1) is 25.2 Å². The number of benzene rings is 2. The van der Waals surface area contributed by atoms with Crippen LogP contribution in [-0.4, -0.2) is 68.7 Å². The summed E-state index contributed by atoms with van der Waals surface area (Å²) < 4.78 is 15.8. The average molecular weight is 440 g/mol. The molecule has 170 valence electrons. The summed E-state index contributed by atoms with van der Waals surface area (Å²) in [5.41, 5.74) is 1.49. The molecule has 1 fully saturated rings. The fraction of sp³-hybridized carbons (Fsp3) is 0.375. The lowest BCUT2D eigenvalue weighted by molar-refractivity contribution is -0.148. The molecule has 0 saturated carbocycles. The Labute approximate surface area is 187 Å². The summed E-state index contributed by atoms with van der Waals surface area (Å²) in [4.78, 5) is 39.4. The molecule has 32 heavy (non-hydrogen) atoms. The van der Waals surface area contributed by atoms with Crippen molar-refractivity contribution in [2.75, 3.05) is 40.0 Å². The van der Waals surface area contributed by atoms with Gasteiger partial charge in [-0.3, -0.25) is 14.4 Å². The molecule has 8 nitrogen and oxygen atoms in total. The van der Waals surface area contributed by atoms with E-state index in [2.05, 4.69) is 5.32 Å².